The number of halogens is 1. The first-order valence-electron chi connectivity index (χ1n) is 15.8. The van der Waals surface area contributed by atoms with E-state index in [0.29, 0.717) is 17.9 Å². The molecule has 0 spiro atoms. The number of aromatic nitrogens is 1. The maximum Gasteiger partial charge on any atom is 0.338 e. The van der Waals surface area contributed by atoms with Crippen LogP contribution in [-0.2, 0) is 4.74 Å². The van der Waals surface area contributed by atoms with Crippen molar-refractivity contribution in [1.29, 1.82) is 0 Å². The maximum absolute atomic E-state index is 11.6. The van der Waals surface area contributed by atoms with Crippen molar-refractivity contribution in [3.63, 3.8) is 0 Å². The van der Waals surface area contributed by atoms with Crippen molar-refractivity contribution >= 4 is 62.7 Å². The van der Waals surface area contributed by atoms with Crippen LogP contribution in [0.3, 0.4) is 0 Å². The van der Waals surface area contributed by atoms with E-state index in [9.17, 15) is 4.79 Å². The molecule has 0 unspecified atom stereocenters. The van der Waals surface area contributed by atoms with E-state index in [1.54, 1.807) is 35.6 Å². The number of nitrogen functional groups attached to an aromatic ring is 3. The summed E-state index contributed by atoms with van der Waals surface area (Å²) < 4.78 is 6.41. The lowest BCUT2D eigenvalue weighted by Crippen LogP contribution is -2.27. The summed E-state index contributed by atoms with van der Waals surface area (Å²) in [6.45, 7) is 15.8. The summed E-state index contributed by atoms with van der Waals surface area (Å²) in [4.78, 5) is 20.8. The number of nitrogens with two attached hydrogens (primary N) is 3. The third kappa shape index (κ3) is 12.4. The molecule has 5 aromatic rings. The lowest BCUT2D eigenvalue weighted by atomic mass is 10.2. The van der Waals surface area contributed by atoms with Crippen LogP contribution < -0.4 is 22.1 Å². The average Bonchev–Trinajstić information content (AvgIpc) is 3.49. The number of benzene rings is 4. The van der Waals surface area contributed by atoms with Gasteiger partial charge >= 0.3 is 5.97 Å². The molecule has 47 heavy (non-hydrogen) atoms. The number of esters is 1. The Bertz CT molecular complexity index is 1620. The number of aryl methyl sites for hydroxylation is 1. The van der Waals surface area contributed by atoms with Gasteiger partial charge in [-0.1, -0.05) is 19.9 Å². The van der Waals surface area contributed by atoms with Gasteiger partial charge in [0.25, 0.3) is 0 Å². The number of hydrogen-bond donors (Lipinski definition) is 3. The molecule has 8 nitrogen and oxygen atoms in total. The Morgan fingerprint density at radius 1 is 0.745 bits per heavy atom. The fourth-order valence-electron chi connectivity index (χ4n) is 4.56. The summed E-state index contributed by atoms with van der Waals surface area (Å²) in [5.74, 6) is -0.294. The summed E-state index contributed by atoms with van der Waals surface area (Å²) in [6, 6.07) is 28.9. The largest absolute Gasteiger partial charge is 0.461 e. The number of carbonyl (C=O) groups is 1. The van der Waals surface area contributed by atoms with Crippen LogP contribution in [-0.4, -0.2) is 55.2 Å². The Balaban J connectivity index is 0.000000247. The van der Waals surface area contributed by atoms with Gasteiger partial charge in [-0.05, 0) is 124 Å². The molecular weight excluding hydrogens is 628 g/mol. The summed E-state index contributed by atoms with van der Waals surface area (Å²) in [5, 5.41) is 1.05. The van der Waals surface area contributed by atoms with E-state index in [2.05, 4.69) is 79.7 Å². The molecule has 0 atom stereocenters. The van der Waals surface area contributed by atoms with Crippen molar-refractivity contribution in [2.45, 2.75) is 34.6 Å². The van der Waals surface area contributed by atoms with Crippen molar-refractivity contribution < 1.29 is 9.53 Å². The van der Waals surface area contributed by atoms with Gasteiger partial charge in [0.05, 0.1) is 15.8 Å². The molecule has 5 rings (SSSR count). The normalized spacial score (nSPS) is 10.3. The molecule has 1 heterocycles. The highest BCUT2D eigenvalue weighted by Gasteiger charge is 2.08. The lowest BCUT2D eigenvalue weighted by molar-refractivity contribution is 0.0466. The van der Waals surface area contributed by atoms with Gasteiger partial charge in [-0.15, -0.1) is 23.7 Å². The molecule has 0 saturated heterocycles. The second-order valence-electron chi connectivity index (χ2n) is 10.7. The predicted octanol–water partition coefficient (Wildman–Crippen LogP) is 8.16. The quantitative estimate of drug-likeness (QED) is 0.100. The molecule has 10 heteroatoms. The maximum atomic E-state index is 11.6. The van der Waals surface area contributed by atoms with Crippen molar-refractivity contribution in [2.24, 2.45) is 0 Å². The molecule has 4 aromatic carbocycles. The van der Waals surface area contributed by atoms with Gasteiger partial charge in [0.1, 0.15) is 11.6 Å². The van der Waals surface area contributed by atoms with Crippen LogP contribution in [0.2, 0.25) is 0 Å². The smallest absolute Gasteiger partial charge is 0.338 e. The number of nitrogens with zero attached hydrogens (tertiary/aromatic N) is 3. The zero-order valence-electron chi connectivity index (χ0n) is 28.1. The van der Waals surface area contributed by atoms with Crippen molar-refractivity contribution in [2.75, 3.05) is 61.4 Å². The molecule has 0 fully saturated rings. The minimum Gasteiger partial charge on any atom is -0.461 e. The number of rotatable bonds is 10. The highest BCUT2D eigenvalue weighted by atomic mass is 35.5. The first-order valence-corrected chi connectivity index (χ1v) is 16.6. The number of ether oxygens (including phenoxy) is 1. The average molecular weight is 677 g/mol. The van der Waals surface area contributed by atoms with E-state index in [-0.39, 0.29) is 18.4 Å². The standard InChI is InChI=1S/C14H12N2S.C13H20N2O2.C10H16N2.ClH/c1-9-2-7-12-13(8-9)17-14(16-12)10-3-5-11(15)6-4-10;1-3-15(4-2)9-10-17-13(16)11-5-7-12(14)8-6-11;1-3-12(4-2)10-7-5-9(11)6-8-10;/h2-8H,15H2,1H3;5-8H,3-4,9-10,14H2,1-2H3;5-8H,3-4,11H2,1-2H3;1H. The van der Waals surface area contributed by atoms with E-state index in [4.69, 9.17) is 21.9 Å². The molecular formula is C37H49ClN6O2S. The Labute approximate surface area is 290 Å². The number of fused-ring (bicyclic) bond motifs is 1. The van der Waals surface area contributed by atoms with Crippen LogP contribution in [0.1, 0.15) is 43.6 Å². The molecule has 0 aliphatic carbocycles. The van der Waals surface area contributed by atoms with Crippen LogP contribution in [0, 0.1) is 6.92 Å². The van der Waals surface area contributed by atoms with Gasteiger partial charge in [0.2, 0.25) is 0 Å². The van der Waals surface area contributed by atoms with Crippen LogP contribution in [0.15, 0.2) is 91.0 Å². The first-order chi connectivity index (χ1) is 22.2. The fourth-order valence-corrected chi connectivity index (χ4v) is 5.63. The van der Waals surface area contributed by atoms with E-state index in [1.165, 1.54) is 16.0 Å². The predicted molar refractivity (Wildman–Crippen MR) is 205 cm³/mol. The zero-order chi connectivity index (χ0) is 33.5. The van der Waals surface area contributed by atoms with Crippen LogP contribution in [0.5, 0.6) is 0 Å². The molecule has 0 amide bonds. The number of thiazole rings is 1. The summed E-state index contributed by atoms with van der Waals surface area (Å²) in [5.41, 5.74) is 24.3. The van der Waals surface area contributed by atoms with Gasteiger partial charge in [0.15, 0.2) is 0 Å². The Hall–Kier alpha value is -4.31. The molecule has 252 valence electrons. The molecule has 1 aromatic heterocycles. The fraction of sp³-hybridized carbons (Fsp3) is 0.297. The molecule has 0 radical (unpaired) electrons. The Morgan fingerprint density at radius 2 is 1.28 bits per heavy atom. The highest BCUT2D eigenvalue weighted by Crippen LogP contribution is 2.31. The van der Waals surface area contributed by atoms with Gasteiger partial charge in [-0.2, -0.15) is 0 Å². The third-order valence-electron chi connectivity index (χ3n) is 7.40. The third-order valence-corrected chi connectivity index (χ3v) is 8.47. The molecule has 0 bridgehead atoms. The van der Waals surface area contributed by atoms with Crippen LogP contribution in [0.25, 0.3) is 20.8 Å². The van der Waals surface area contributed by atoms with Crippen molar-refractivity contribution in [1.82, 2.24) is 9.88 Å². The van der Waals surface area contributed by atoms with Crippen LogP contribution in [0.4, 0.5) is 22.7 Å². The van der Waals surface area contributed by atoms with Crippen molar-refractivity contribution in [3.05, 3.63) is 102 Å². The van der Waals surface area contributed by atoms with Gasteiger partial charge in [0, 0.05) is 47.9 Å². The summed E-state index contributed by atoms with van der Waals surface area (Å²) in [6.07, 6.45) is 0. The SMILES string of the molecule is CCN(CC)CCOC(=O)c1ccc(N)cc1.CCN(CC)c1ccc(N)cc1.Cc1ccc2nc(-c3ccc(N)cc3)sc2c1.Cl. The summed E-state index contributed by atoms with van der Waals surface area (Å²) >= 11 is 1.72. The molecule has 0 aliphatic rings. The van der Waals surface area contributed by atoms with Gasteiger partial charge in [-0.3, -0.25) is 0 Å². The van der Waals surface area contributed by atoms with Crippen molar-refractivity contribution in [3.8, 4) is 10.6 Å². The second kappa shape index (κ2) is 20.0. The lowest BCUT2D eigenvalue weighted by Gasteiger charge is -2.20. The molecule has 0 saturated carbocycles. The number of likely N-dealkylation sites (N-methyl/N-ethyl adjacent to an activating group) is 1. The van der Waals surface area contributed by atoms with Gasteiger partial charge < -0.3 is 31.7 Å². The second-order valence-corrected chi connectivity index (χ2v) is 11.7. The Kier molecular flexibility index (Phi) is 16.6. The van der Waals surface area contributed by atoms with Crippen LogP contribution >= 0.6 is 23.7 Å². The van der Waals surface area contributed by atoms with E-state index < -0.39 is 0 Å². The number of anilines is 4. The van der Waals surface area contributed by atoms with E-state index in [1.807, 2.05) is 36.4 Å². The topological polar surface area (TPSA) is 124 Å². The van der Waals surface area contributed by atoms with Gasteiger partial charge in [-0.25, -0.2) is 9.78 Å². The monoisotopic (exact) mass is 676 g/mol. The van der Waals surface area contributed by atoms with E-state index >= 15 is 0 Å². The first kappa shape index (κ1) is 38.9. The highest BCUT2D eigenvalue weighted by molar-refractivity contribution is 7.21. The Morgan fingerprint density at radius 3 is 1.81 bits per heavy atom. The molecule has 0 aliphatic heterocycles. The number of carbonyl (C=O) groups excluding carboxylic acids is 1. The zero-order valence-corrected chi connectivity index (χ0v) is 29.7. The van der Waals surface area contributed by atoms with E-state index in [0.717, 1.165) is 60.2 Å². The molecule has 6 N–H and O–H groups in total. The minimum absolute atomic E-state index is 0. The summed E-state index contributed by atoms with van der Waals surface area (Å²) in [7, 11) is 0. The minimum atomic E-state index is -0.294. The number of hydrogen-bond acceptors (Lipinski definition) is 9.